The number of rotatable bonds is 5. The van der Waals surface area contributed by atoms with E-state index in [1.165, 1.54) is 6.26 Å². The number of furan rings is 1. The molecule has 0 amide bonds. The molecule has 2 aromatic rings. The Morgan fingerprint density at radius 2 is 2.00 bits per heavy atom. The highest BCUT2D eigenvalue weighted by Gasteiger charge is 2.45. The normalized spacial score (nSPS) is 20.5. The lowest BCUT2D eigenvalue weighted by Gasteiger charge is -2.09. The molecule has 1 aliphatic rings. The van der Waals surface area contributed by atoms with Crippen molar-refractivity contribution in [2.45, 2.75) is 12.3 Å². The second kappa shape index (κ2) is 5.04. The zero-order valence-electron chi connectivity index (χ0n) is 11.5. The van der Waals surface area contributed by atoms with Crippen LogP contribution in [0.25, 0.3) is 0 Å². The van der Waals surface area contributed by atoms with Gasteiger partial charge in [0.15, 0.2) is 17.3 Å². The molecular weight excluding hydrogens is 256 g/mol. The van der Waals surface area contributed by atoms with Gasteiger partial charge in [0.1, 0.15) is 0 Å². The Labute approximate surface area is 117 Å². The molecule has 0 spiro atoms. The minimum Gasteiger partial charge on any atom is -0.493 e. The van der Waals surface area contributed by atoms with Crippen molar-refractivity contribution in [1.29, 1.82) is 0 Å². The molecule has 0 saturated heterocycles. The summed E-state index contributed by atoms with van der Waals surface area (Å²) in [7, 11) is 3.22. The molecule has 2 unspecified atom stereocenters. The minimum absolute atomic E-state index is 0.0132. The van der Waals surface area contributed by atoms with Crippen LogP contribution < -0.4 is 9.47 Å². The van der Waals surface area contributed by atoms with E-state index in [0.29, 0.717) is 17.3 Å². The van der Waals surface area contributed by atoms with Crippen LogP contribution in [0.15, 0.2) is 41.0 Å². The largest absolute Gasteiger partial charge is 0.493 e. The van der Waals surface area contributed by atoms with E-state index >= 15 is 0 Å². The van der Waals surface area contributed by atoms with Crippen LogP contribution in [0.5, 0.6) is 11.5 Å². The van der Waals surface area contributed by atoms with Crippen LogP contribution in [-0.4, -0.2) is 20.0 Å². The van der Waals surface area contributed by atoms with Gasteiger partial charge < -0.3 is 13.9 Å². The fraction of sp³-hybridized carbons (Fsp3) is 0.312. The first-order chi connectivity index (χ1) is 9.74. The predicted octanol–water partition coefficient (Wildman–Crippen LogP) is 3.28. The summed E-state index contributed by atoms with van der Waals surface area (Å²) in [4.78, 5) is 12.2. The predicted molar refractivity (Wildman–Crippen MR) is 73.4 cm³/mol. The van der Waals surface area contributed by atoms with E-state index in [1.807, 2.05) is 18.2 Å². The summed E-state index contributed by atoms with van der Waals surface area (Å²) >= 11 is 0. The van der Waals surface area contributed by atoms with Gasteiger partial charge in [-0.3, -0.25) is 4.79 Å². The highest BCUT2D eigenvalue weighted by Crippen LogP contribution is 2.50. The summed E-state index contributed by atoms with van der Waals surface area (Å²) in [5.41, 5.74) is 1.10. The number of benzene rings is 1. The molecular formula is C16H16O4. The monoisotopic (exact) mass is 272 g/mol. The maximum absolute atomic E-state index is 12.2. The maximum atomic E-state index is 12.2. The Balaban J connectivity index is 1.78. The van der Waals surface area contributed by atoms with Gasteiger partial charge in [0, 0.05) is 5.92 Å². The second-order valence-corrected chi connectivity index (χ2v) is 4.90. The Kier molecular flexibility index (Phi) is 3.22. The number of carbonyl (C=O) groups excluding carboxylic acids is 1. The lowest BCUT2D eigenvalue weighted by atomic mass is 10.1. The lowest BCUT2D eigenvalue weighted by molar-refractivity contribution is 0.0938. The van der Waals surface area contributed by atoms with Gasteiger partial charge in [-0.25, -0.2) is 0 Å². The van der Waals surface area contributed by atoms with Crippen molar-refractivity contribution in [3.63, 3.8) is 0 Å². The van der Waals surface area contributed by atoms with E-state index in [2.05, 4.69) is 0 Å². The minimum atomic E-state index is 0.0132. The number of methoxy groups -OCH3 is 2. The van der Waals surface area contributed by atoms with Crippen molar-refractivity contribution < 1.29 is 18.7 Å². The van der Waals surface area contributed by atoms with E-state index in [4.69, 9.17) is 13.9 Å². The maximum Gasteiger partial charge on any atom is 0.201 e. The molecule has 104 valence electrons. The van der Waals surface area contributed by atoms with Crippen LogP contribution >= 0.6 is 0 Å². The number of ether oxygens (including phenoxy) is 2. The first kappa shape index (κ1) is 12.8. The van der Waals surface area contributed by atoms with Gasteiger partial charge in [-0.1, -0.05) is 6.07 Å². The van der Waals surface area contributed by atoms with Crippen molar-refractivity contribution in [1.82, 2.24) is 0 Å². The lowest BCUT2D eigenvalue weighted by Crippen LogP contribution is -2.01. The molecule has 20 heavy (non-hydrogen) atoms. The third-order valence-electron chi connectivity index (χ3n) is 3.73. The van der Waals surface area contributed by atoms with Crippen LogP contribution in [0.2, 0.25) is 0 Å². The zero-order chi connectivity index (χ0) is 14.1. The SMILES string of the molecule is COc1ccc(C2CC2C(=O)c2ccco2)cc1OC. The topological polar surface area (TPSA) is 48.7 Å². The number of ketones is 1. The molecule has 3 rings (SSSR count). The third kappa shape index (κ3) is 2.18. The van der Waals surface area contributed by atoms with Crippen molar-refractivity contribution in [3.05, 3.63) is 47.9 Å². The molecule has 4 heteroatoms. The fourth-order valence-corrected chi connectivity index (χ4v) is 2.54. The molecule has 4 nitrogen and oxygen atoms in total. The van der Waals surface area contributed by atoms with E-state index in [9.17, 15) is 4.79 Å². The zero-order valence-corrected chi connectivity index (χ0v) is 11.5. The summed E-state index contributed by atoms with van der Waals surface area (Å²) in [5, 5.41) is 0. The third-order valence-corrected chi connectivity index (χ3v) is 3.73. The molecule has 0 radical (unpaired) electrons. The van der Waals surface area contributed by atoms with Crippen molar-refractivity contribution in [2.75, 3.05) is 14.2 Å². The Morgan fingerprint density at radius 3 is 2.65 bits per heavy atom. The van der Waals surface area contributed by atoms with E-state index < -0.39 is 0 Å². The molecule has 1 aliphatic carbocycles. The molecule has 0 N–H and O–H groups in total. The van der Waals surface area contributed by atoms with Crippen LogP contribution in [0.4, 0.5) is 0 Å². The molecule has 1 heterocycles. The van der Waals surface area contributed by atoms with Gasteiger partial charge in [0.2, 0.25) is 5.78 Å². The van der Waals surface area contributed by atoms with E-state index in [-0.39, 0.29) is 17.6 Å². The number of Topliss-reactive ketones (excluding diaryl/α,β-unsaturated/α-hetero) is 1. The summed E-state index contributed by atoms with van der Waals surface area (Å²) in [6.07, 6.45) is 2.38. The Morgan fingerprint density at radius 1 is 1.20 bits per heavy atom. The smallest absolute Gasteiger partial charge is 0.201 e. The standard InChI is InChI=1S/C16H16O4/c1-18-13-6-5-10(8-15(13)19-2)11-9-12(11)16(17)14-4-3-7-20-14/h3-8,11-12H,9H2,1-2H3. The van der Waals surface area contributed by atoms with Gasteiger partial charge >= 0.3 is 0 Å². The summed E-state index contributed by atoms with van der Waals surface area (Å²) in [6.45, 7) is 0. The van der Waals surface area contributed by atoms with Crippen molar-refractivity contribution in [3.8, 4) is 11.5 Å². The average molecular weight is 272 g/mol. The molecule has 2 atom stereocenters. The van der Waals surface area contributed by atoms with Crippen molar-refractivity contribution >= 4 is 5.78 Å². The fourth-order valence-electron chi connectivity index (χ4n) is 2.54. The Bertz CT molecular complexity index is 615. The van der Waals surface area contributed by atoms with Crippen molar-refractivity contribution in [2.24, 2.45) is 5.92 Å². The summed E-state index contributed by atoms with van der Waals surface area (Å²) < 4.78 is 15.7. The van der Waals surface area contributed by atoms with E-state index in [1.54, 1.807) is 26.4 Å². The van der Waals surface area contributed by atoms with Gasteiger partial charge in [-0.15, -0.1) is 0 Å². The molecule has 1 fully saturated rings. The van der Waals surface area contributed by atoms with Crippen LogP contribution in [-0.2, 0) is 0 Å². The molecule has 0 bridgehead atoms. The summed E-state index contributed by atoms with van der Waals surface area (Å²) in [5.74, 6) is 2.17. The van der Waals surface area contributed by atoms with Gasteiger partial charge in [-0.05, 0) is 42.2 Å². The van der Waals surface area contributed by atoms with Gasteiger partial charge in [-0.2, -0.15) is 0 Å². The molecule has 1 aromatic carbocycles. The molecule has 0 aliphatic heterocycles. The first-order valence-electron chi connectivity index (χ1n) is 6.54. The number of hydrogen-bond acceptors (Lipinski definition) is 4. The molecule has 1 saturated carbocycles. The quantitative estimate of drug-likeness (QED) is 0.784. The average Bonchev–Trinajstić information content (AvgIpc) is 3.10. The van der Waals surface area contributed by atoms with Crippen LogP contribution in [0.3, 0.4) is 0 Å². The highest BCUT2D eigenvalue weighted by molar-refractivity contribution is 5.98. The Hall–Kier alpha value is -2.23. The second-order valence-electron chi connectivity index (χ2n) is 4.90. The van der Waals surface area contributed by atoms with Gasteiger partial charge in [0.25, 0.3) is 0 Å². The number of hydrogen-bond donors (Lipinski definition) is 0. The molecule has 1 aromatic heterocycles. The van der Waals surface area contributed by atoms with Gasteiger partial charge in [0.05, 0.1) is 20.5 Å². The first-order valence-corrected chi connectivity index (χ1v) is 6.54. The van der Waals surface area contributed by atoms with Crippen LogP contribution in [0.1, 0.15) is 28.5 Å². The highest BCUT2D eigenvalue weighted by atomic mass is 16.5. The summed E-state index contributed by atoms with van der Waals surface area (Å²) in [6, 6.07) is 9.26. The van der Waals surface area contributed by atoms with Crippen LogP contribution in [0, 0.1) is 5.92 Å². The van der Waals surface area contributed by atoms with E-state index in [0.717, 1.165) is 12.0 Å². The number of carbonyl (C=O) groups is 1.